The van der Waals surface area contributed by atoms with Crippen molar-refractivity contribution in [1.29, 1.82) is 0 Å². The largest absolute Gasteiger partial charge is 0.310 e. The Morgan fingerprint density at radius 2 is 0.627 bits per heavy atom. The van der Waals surface area contributed by atoms with Crippen LogP contribution in [0.25, 0.3) is 99.1 Å². The molecule has 11 aromatic carbocycles. The van der Waals surface area contributed by atoms with E-state index in [2.05, 4.69) is 275 Å². The molecule has 314 valence electrons. The van der Waals surface area contributed by atoms with E-state index in [-0.39, 0.29) is 0 Å². The summed E-state index contributed by atoms with van der Waals surface area (Å²) in [6, 6.07) is 94.8. The van der Waals surface area contributed by atoms with Crippen LogP contribution in [0.2, 0.25) is 0 Å². The fourth-order valence-electron chi connectivity index (χ4n) is 10.4. The number of aromatic nitrogens is 2. The zero-order chi connectivity index (χ0) is 44.3. The number of benzene rings is 11. The van der Waals surface area contributed by atoms with Crippen molar-refractivity contribution in [2.75, 3.05) is 4.90 Å². The maximum atomic E-state index is 2.43. The summed E-state index contributed by atoms with van der Waals surface area (Å²) in [6.45, 7) is 0. The summed E-state index contributed by atoms with van der Waals surface area (Å²) < 4.78 is 4.81. The van der Waals surface area contributed by atoms with E-state index in [1.807, 2.05) is 0 Å². The van der Waals surface area contributed by atoms with Crippen molar-refractivity contribution >= 4 is 71.4 Å². The number of hydrogen-bond donors (Lipinski definition) is 0. The Balaban J connectivity index is 0.890. The van der Waals surface area contributed by atoms with Crippen molar-refractivity contribution in [3.8, 4) is 44.8 Å². The average molecular weight is 854 g/mol. The zero-order valence-electron chi connectivity index (χ0n) is 36.7. The van der Waals surface area contributed by atoms with Gasteiger partial charge in [0.05, 0.1) is 33.4 Å². The van der Waals surface area contributed by atoms with E-state index < -0.39 is 0 Å². The number of para-hydroxylation sites is 4. The van der Waals surface area contributed by atoms with Crippen LogP contribution >= 0.6 is 0 Å². The highest BCUT2D eigenvalue weighted by molar-refractivity contribution is 6.12. The van der Waals surface area contributed by atoms with Gasteiger partial charge in [0.15, 0.2) is 0 Å². The molecule has 0 spiro atoms. The summed E-state index contributed by atoms with van der Waals surface area (Å²) >= 11 is 0. The zero-order valence-corrected chi connectivity index (χ0v) is 36.7. The Bertz CT molecular complexity index is 3880. The number of fused-ring (bicyclic) bond motifs is 7. The van der Waals surface area contributed by atoms with Crippen LogP contribution in [-0.4, -0.2) is 9.13 Å². The van der Waals surface area contributed by atoms with Gasteiger partial charge in [0.2, 0.25) is 0 Å². The van der Waals surface area contributed by atoms with Gasteiger partial charge in [-0.15, -0.1) is 0 Å². The lowest BCUT2D eigenvalue weighted by atomic mass is 9.99. The normalized spacial score (nSPS) is 11.6. The van der Waals surface area contributed by atoms with E-state index >= 15 is 0 Å². The minimum absolute atomic E-state index is 1.09. The molecule has 0 bridgehead atoms. The molecule has 2 aromatic heterocycles. The molecule has 67 heavy (non-hydrogen) atoms. The molecule has 13 rings (SSSR count). The quantitative estimate of drug-likeness (QED) is 0.148. The maximum Gasteiger partial charge on any atom is 0.0547 e. The van der Waals surface area contributed by atoms with Crippen molar-refractivity contribution in [1.82, 2.24) is 9.13 Å². The third-order valence-corrected chi connectivity index (χ3v) is 13.5. The minimum Gasteiger partial charge on any atom is -0.310 e. The van der Waals surface area contributed by atoms with Crippen LogP contribution in [0, 0.1) is 0 Å². The fourth-order valence-corrected chi connectivity index (χ4v) is 10.4. The SMILES string of the molecule is c1ccc(-c2ccc(N(c3ccc(-c4ccc(-c5ccc6c7ccccc7n(-c7ccccc7)c6c5)cc4)cc3)c3ccc(-n4c5ccccc5c5ccccc54)c4ccccc34)cc2)cc1. The first-order chi connectivity index (χ1) is 33.2. The van der Waals surface area contributed by atoms with Crippen LogP contribution in [0.3, 0.4) is 0 Å². The van der Waals surface area contributed by atoms with Crippen LogP contribution in [0.1, 0.15) is 0 Å². The molecule has 0 N–H and O–H groups in total. The molecule has 0 fully saturated rings. The Kier molecular flexibility index (Phi) is 9.17. The molecule has 0 aliphatic heterocycles. The van der Waals surface area contributed by atoms with Gasteiger partial charge >= 0.3 is 0 Å². The van der Waals surface area contributed by atoms with E-state index in [1.54, 1.807) is 0 Å². The van der Waals surface area contributed by atoms with Gasteiger partial charge in [-0.3, -0.25) is 0 Å². The molecule has 0 amide bonds. The third-order valence-electron chi connectivity index (χ3n) is 13.5. The fraction of sp³-hybridized carbons (Fsp3) is 0. The average Bonchev–Trinajstić information content (AvgIpc) is 3.92. The van der Waals surface area contributed by atoms with Crippen LogP contribution < -0.4 is 4.90 Å². The Morgan fingerprint density at radius 3 is 1.18 bits per heavy atom. The second-order valence-corrected chi connectivity index (χ2v) is 17.3. The van der Waals surface area contributed by atoms with Crippen LogP contribution in [-0.2, 0) is 0 Å². The second kappa shape index (κ2) is 16.0. The molecule has 0 saturated heterocycles. The van der Waals surface area contributed by atoms with Crippen molar-refractivity contribution in [2.45, 2.75) is 0 Å². The van der Waals surface area contributed by atoms with Crippen molar-refractivity contribution in [3.05, 3.63) is 261 Å². The van der Waals surface area contributed by atoms with Gasteiger partial charge in [0.1, 0.15) is 0 Å². The molecule has 0 saturated carbocycles. The molecule has 0 atom stereocenters. The highest BCUT2D eigenvalue weighted by atomic mass is 15.1. The first-order valence-corrected chi connectivity index (χ1v) is 23.0. The first kappa shape index (κ1) is 38.5. The Labute approximate surface area is 389 Å². The van der Waals surface area contributed by atoms with Crippen LogP contribution in [0.5, 0.6) is 0 Å². The number of anilines is 3. The first-order valence-electron chi connectivity index (χ1n) is 23.0. The molecular formula is C64H43N3. The van der Waals surface area contributed by atoms with Gasteiger partial charge < -0.3 is 14.0 Å². The van der Waals surface area contributed by atoms with Crippen molar-refractivity contribution in [2.24, 2.45) is 0 Å². The molecule has 13 aromatic rings. The molecule has 0 unspecified atom stereocenters. The van der Waals surface area contributed by atoms with Gasteiger partial charge in [0, 0.05) is 49.4 Å². The highest BCUT2D eigenvalue weighted by Crippen LogP contribution is 2.44. The lowest BCUT2D eigenvalue weighted by Crippen LogP contribution is -2.11. The molecular weight excluding hydrogens is 811 g/mol. The smallest absolute Gasteiger partial charge is 0.0547 e. The van der Waals surface area contributed by atoms with Crippen molar-refractivity contribution in [3.63, 3.8) is 0 Å². The topological polar surface area (TPSA) is 13.1 Å². The van der Waals surface area contributed by atoms with Gasteiger partial charge in [-0.1, -0.05) is 188 Å². The number of hydrogen-bond acceptors (Lipinski definition) is 1. The lowest BCUT2D eigenvalue weighted by Gasteiger charge is -2.28. The molecule has 0 radical (unpaired) electrons. The van der Waals surface area contributed by atoms with Gasteiger partial charge in [-0.25, -0.2) is 0 Å². The standard InChI is InChI=1S/C64H43N3/c1-3-15-44(16-4-1)46-31-36-51(37-32-46)65(62-41-42-63(56-20-8-7-19-55(56)62)67-60-25-13-10-21-53(60)54-22-11-14-26-61(54)67)52-38-33-47(34-39-52)45-27-29-48(30-28-45)49-35-40-58-57-23-9-12-24-59(57)66(64(58)43-49)50-17-5-2-6-18-50/h1-43H. The summed E-state index contributed by atoms with van der Waals surface area (Å²) in [5, 5.41) is 7.40. The Hall–Kier alpha value is -8.92. The van der Waals surface area contributed by atoms with E-state index in [9.17, 15) is 0 Å². The van der Waals surface area contributed by atoms with E-state index in [1.165, 1.54) is 87.8 Å². The summed E-state index contributed by atoms with van der Waals surface area (Å²) in [7, 11) is 0. The van der Waals surface area contributed by atoms with Crippen LogP contribution in [0.4, 0.5) is 17.1 Å². The van der Waals surface area contributed by atoms with E-state index in [0.29, 0.717) is 0 Å². The van der Waals surface area contributed by atoms with E-state index in [4.69, 9.17) is 0 Å². The monoisotopic (exact) mass is 853 g/mol. The molecule has 3 nitrogen and oxygen atoms in total. The lowest BCUT2D eigenvalue weighted by molar-refractivity contribution is 1.18. The van der Waals surface area contributed by atoms with E-state index in [0.717, 1.165) is 28.4 Å². The minimum atomic E-state index is 1.09. The summed E-state index contributed by atoms with van der Waals surface area (Å²) in [6.07, 6.45) is 0. The molecule has 2 heterocycles. The molecule has 0 aliphatic carbocycles. The number of nitrogens with zero attached hydrogens (tertiary/aromatic N) is 3. The summed E-state index contributed by atoms with van der Waals surface area (Å²) in [5.41, 5.74) is 17.6. The highest BCUT2D eigenvalue weighted by Gasteiger charge is 2.20. The molecule has 0 aliphatic rings. The van der Waals surface area contributed by atoms with Gasteiger partial charge in [0.25, 0.3) is 0 Å². The van der Waals surface area contributed by atoms with Gasteiger partial charge in [-0.2, -0.15) is 0 Å². The summed E-state index contributed by atoms with van der Waals surface area (Å²) in [5.74, 6) is 0. The maximum absolute atomic E-state index is 2.43. The van der Waals surface area contributed by atoms with Gasteiger partial charge in [-0.05, 0) is 106 Å². The second-order valence-electron chi connectivity index (χ2n) is 17.3. The number of rotatable bonds is 8. The predicted octanol–water partition coefficient (Wildman–Crippen LogP) is 17.5. The molecule has 3 heteroatoms. The van der Waals surface area contributed by atoms with Crippen molar-refractivity contribution < 1.29 is 0 Å². The third kappa shape index (κ3) is 6.51. The predicted molar refractivity (Wildman–Crippen MR) is 284 cm³/mol. The van der Waals surface area contributed by atoms with Crippen LogP contribution in [0.15, 0.2) is 261 Å². The Morgan fingerprint density at radius 1 is 0.239 bits per heavy atom. The summed E-state index contributed by atoms with van der Waals surface area (Å²) in [4.78, 5) is 2.41.